The first-order valence-corrected chi connectivity index (χ1v) is 11.5. The molecule has 1 fully saturated rings. The van der Waals surface area contributed by atoms with Crippen molar-refractivity contribution in [2.75, 3.05) is 44.4 Å². The normalized spacial score (nSPS) is 18.2. The Kier molecular flexibility index (Phi) is 6.89. The molecular formula is C16H26N2O6S2. The van der Waals surface area contributed by atoms with Crippen LogP contribution in [0.1, 0.15) is 19.8 Å². The van der Waals surface area contributed by atoms with Crippen molar-refractivity contribution in [2.45, 2.75) is 24.7 Å². The van der Waals surface area contributed by atoms with E-state index in [1.807, 2.05) is 0 Å². The second-order valence-corrected chi connectivity index (χ2v) is 10.2. The molecule has 0 aromatic heterocycles. The molecule has 1 heterocycles. The number of nitrogens with one attached hydrogen (secondary N) is 1. The van der Waals surface area contributed by atoms with E-state index in [0.717, 1.165) is 6.42 Å². The summed E-state index contributed by atoms with van der Waals surface area (Å²) >= 11 is 0. The number of ether oxygens (including phenoxy) is 2. The Morgan fingerprint density at radius 1 is 1.31 bits per heavy atom. The Bertz CT molecular complexity index is 817. The predicted molar refractivity (Wildman–Crippen MR) is 99.4 cm³/mol. The van der Waals surface area contributed by atoms with Gasteiger partial charge < -0.3 is 9.47 Å². The molecule has 0 amide bonds. The van der Waals surface area contributed by atoms with Crippen LogP contribution in [0.15, 0.2) is 23.1 Å². The smallest absolute Gasteiger partial charge is 0.246 e. The molecule has 2 rings (SSSR count). The molecule has 1 aromatic rings. The monoisotopic (exact) mass is 406 g/mol. The zero-order chi connectivity index (χ0) is 19.4. The van der Waals surface area contributed by atoms with Gasteiger partial charge in [-0.15, -0.1) is 0 Å². The fraction of sp³-hybridized carbons (Fsp3) is 0.625. The van der Waals surface area contributed by atoms with E-state index in [4.69, 9.17) is 9.47 Å². The lowest BCUT2D eigenvalue weighted by atomic mass is 10.1. The first-order valence-electron chi connectivity index (χ1n) is 8.42. The number of sulfonamides is 2. The summed E-state index contributed by atoms with van der Waals surface area (Å²) in [5.41, 5.74) is 0.265. The molecule has 0 aliphatic carbocycles. The van der Waals surface area contributed by atoms with Gasteiger partial charge in [-0.3, -0.25) is 4.72 Å². The summed E-state index contributed by atoms with van der Waals surface area (Å²) in [5, 5.41) is 0. The summed E-state index contributed by atoms with van der Waals surface area (Å²) in [5.74, 6) is 0.249. The molecule has 1 aliphatic heterocycles. The van der Waals surface area contributed by atoms with Gasteiger partial charge in [0.1, 0.15) is 10.6 Å². The summed E-state index contributed by atoms with van der Waals surface area (Å²) in [6, 6.07) is 4.17. The van der Waals surface area contributed by atoms with Crippen molar-refractivity contribution >= 4 is 25.7 Å². The van der Waals surface area contributed by atoms with E-state index in [2.05, 4.69) is 4.72 Å². The lowest BCUT2D eigenvalue weighted by molar-refractivity contribution is 0.182. The van der Waals surface area contributed by atoms with Crippen LogP contribution < -0.4 is 9.46 Å². The maximum absolute atomic E-state index is 12.9. The minimum atomic E-state index is -3.76. The van der Waals surface area contributed by atoms with Crippen molar-refractivity contribution in [1.82, 2.24) is 4.31 Å². The van der Waals surface area contributed by atoms with Gasteiger partial charge in [0.15, 0.2) is 0 Å². The van der Waals surface area contributed by atoms with E-state index < -0.39 is 20.0 Å². The van der Waals surface area contributed by atoms with Gasteiger partial charge in [0, 0.05) is 26.3 Å². The fourth-order valence-electron chi connectivity index (χ4n) is 2.80. The number of methoxy groups -OCH3 is 1. The summed E-state index contributed by atoms with van der Waals surface area (Å²) < 4.78 is 63.7. The van der Waals surface area contributed by atoms with Crippen LogP contribution in [0.5, 0.6) is 5.75 Å². The zero-order valence-electron chi connectivity index (χ0n) is 15.3. The van der Waals surface area contributed by atoms with Crippen LogP contribution in [0.25, 0.3) is 0 Å². The summed E-state index contributed by atoms with van der Waals surface area (Å²) in [4.78, 5) is -0.000134. The molecule has 1 atom stereocenters. The third-order valence-corrected chi connectivity index (χ3v) is 7.49. The fourth-order valence-corrected chi connectivity index (χ4v) is 5.31. The highest BCUT2D eigenvalue weighted by atomic mass is 32.2. The third-order valence-electron chi connectivity index (χ3n) is 4.14. The maximum atomic E-state index is 12.9. The number of anilines is 1. The van der Waals surface area contributed by atoms with E-state index in [1.165, 1.54) is 36.7 Å². The van der Waals surface area contributed by atoms with Gasteiger partial charge in [0.05, 0.1) is 25.2 Å². The van der Waals surface area contributed by atoms with Crippen molar-refractivity contribution in [1.29, 1.82) is 0 Å². The van der Waals surface area contributed by atoms with Gasteiger partial charge in [0.25, 0.3) is 0 Å². The SMILES string of the molecule is CCCS(=O)(=O)Nc1ccc(S(=O)(=O)N(C)CC2CCOC2)c(OC)c1. The van der Waals surface area contributed by atoms with Crippen molar-refractivity contribution in [3.63, 3.8) is 0 Å². The molecule has 1 saturated heterocycles. The summed E-state index contributed by atoms with van der Waals surface area (Å²) in [6.07, 6.45) is 1.31. The molecule has 8 nitrogen and oxygen atoms in total. The number of benzene rings is 1. The average molecular weight is 407 g/mol. The van der Waals surface area contributed by atoms with E-state index in [-0.39, 0.29) is 28.0 Å². The van der Waals surface area contributed by atoms with Gasteiger partial charge in [-0.05, 0) is 30.9 Å². The lowest BCUT2D eigenvalue weighted by Crippen LogP contribution is -2.32. The summed E-state index contributed by atoms with van der Waals surface area (Å²) in [7, 11) is -4.36. The topological polar surface area (TPSA) is 102 Å². The van der Waals surface area contributed by atoms with Crippen LogP contribution in [0.2, 0.25) is 0 Å². The van der Waals surface area contributed by atoms with Gasteiger partial charge in [0.2, 0.25) is 20.0 Å². The van der Waals surface area contributed by atoms with Crippen LogP contribution in [0.3, 0.4) is 0 Å². The van der Waals surface area contributed by atoms with Gasteiger partial charge in [-0.1, -0.05) is 6.92 Å². The Morgan fingerprint density at radius 2 is 2.04 bits per heavy atom. The van der Waals surface area contributed by atoms with Crippen LogP contribution >= 0.6 is 0 Å². The first kappa shape index (κ1) is 20.9. The molecule has 0 bridgehead atoms. The number of hydrogen-bond acceptors (Lipinski definition) is 6. The summed E-state index contributed by atoms with van der Waals surface area (Å²) in [6.45, 7) is 3.32. The average Bonchev–Trinajstić information content (AvgIpc) is 3.06. The van der Waals surface area contributed by atoms with Crippen molar-refractivity contribution in [3.05, 3.63) is 18.2 Å². The first-order chi connectivity index (χ1) is 12.2. The Labute approximate surface area is 155 Å². The number of rotatable bonds is 9. The Morgan fingerprint density at radius 3 is 2.62 bits per heavy atom. The molecule has 1 aromatic carbocycles. The molecule has 0 saturated carbocycles. The molecule has 148 valence electrons. The maximum Gasteiger partial charge on any atom is 0.246 e. The molecule has 26 heavy (non-hydrogen) atoms. The third kappa shape index (κ3) is 5.09. The zero-order valence-corrected chi connectivity index (χ0v) is 16.9. The Balaban J connectivity index is 2.25. The van der Waals surface area contributed by atoms with Gasteiger partial charge in [-0.2, -0.15) is 0 Å². The van der Waals surface area contributed by atoms with E-state index in [0.29, 0.717) is 26.2 Å². The molecule has 0 spiro atoms. The van der Waals surface area contributed by atoms with Crippen LogP contribution in [-0.2, 0) is 24.8 Å². The van der Waals surface area contributed by atoms with Crippen molar-refractivity contribution < 1.29 is 26.3 Å². The van der Waals surface area contributed by atoms with Crippen molar-refractivity contribution in [3.8, 4) is 5.75 Å². The highest BCUT2D eigenvalue weighted by Gasteiger charge is 2.28. The van der Waals surface area contributed by atoms with Crippen LogP contribution in [-0.4, -0.2) is 60.8 Å². The largest absolute Gasteiger partial charge is 0.495 e. The highest BCUT2D eigenvalue weighted by molar-refractivity contribution is 7.92. The van der Waals surface area contributed by atoms with E-state index >= 15 is 0 Å². The molecule has 10 heteroatoms. The second-order valence-electron chi connectivity index (χ2n) is 6.30. The van der Waals surface area contributed by atoms with Crippen LogP contribution in [0, 0.1) is 5.92 Å². The standard InChI is InChI=1S/C16H26N2O6S2/c1-4-9-25(19,20)17-14-5-6-16(15(10-14)23-3)26(21,22)18(2)11-13-7-8-24-12-13/h5-6,10,13,17H,4,7-9,11-12H2,1-3H3. The van der Waals surface area contributed by atoms with E-state index in [9.17, 15) is 16.8 Å². The minimum Gasteiger partial charge on any atom is -0.495 e. The predicted octanol–water partition coefficient (Wildman–Crippen LogP) is 1.50. The number of hydrogen-bond donors (Lipinski definition) is 1. The molecular weight excluding hydrogens is 380 g/mol. The quantitative estimate of drug-likeness (QED) is 0.667. The lowest BCUT2D eigenvalue weighted by Gasteiger charge is -2.21. The van der Waals surface area contributed by atoms with Gasteiger partial charge >= 0.3 is 0 Å². The Hall–Kier alpha value is -1.36. The van der Waals surface area contributed by atoms with Crippen molar-refractivity contribution in [2.24, 2.45) is 5.92 Å². The molecule has 1 unspecified atom stereocenters. The highest BCUT2D eigenvalue weighted by Crippen LogP contribution is 2.30. The van der Waals surface area contributed by atoms with E-state index in [1.54, 1.807) is 6.92 Å². The minimum absolute atomic E-state index is 0.000134. The molecule has 1 aliphatic rings. The van der Waals surface area contributed by atoms with Crippen LogP contribution in [0.4, 0.5) is 5.69 Å². The molecule has 0 radical (unpaired) electrons. The second kappa shape index (κ2) is 8.55. The molecule has 1 N–H and O–H groups in total. The number of nitrogens with zero attached hydrogens (tertiary/aromatic N) is 1. The van der Waals surface area contributed by atoms with Gasteiger partial charge in [-0.25, -0.2) is 21.1 Å².